The molecule has 3 aromatic carbocycles. The van der Waals surface area contributed by atoms with Gasteiger partial charge in [-0.25, -0.2) is 4.39 Å². The van der Waals surface area contributed by atoms with Crippen molar-refractivity contribution in [3.63, 3.8) is 0 Å². The summed E-state index contributed by atoms with van der Waals surface area (Å²) in [4.78, 5) is 12.5. The van der Waals surface area contributed by atoms with E-state index in [0.29, 0.717) is 21.6 Å². The second kappa shape index (κ2) is 9.32. The Balaban J connectivity index is 1.65. The molecule has 31 heavy (non-hydrogen) atoms. The molecule has 0 radical (unpaired) electrons. The van der Waals surface area contributed by atoms with Gasteiger partial charge >= 0.3 is 0 Å². The topological polar surface area (TPSA) is 59.8 Å². The molecule has 1 amide bonds. The van der Waals surface area contributed by atoms with Crippen LogP contribution in [0, 0.1) is 12.7 Å². The zero-order valence-corrected chi connectivity index (χ0v) is 18.1. The summed E-state index contributed by atoms with van der Waals surface area (Å²) in [5.74, 6) is -0.135. The summed E-state index contributed by atoms with van der Waals surface area (Å²) in [5.41, 5.74) is 2.62. The molecule has 0 atom stereocenters. The van der Waals surface area contributed by atoms with E-state index in [4.69, 9.17) is 11.6 Å². The van der Waals surface area contributed by atoms with Crippen LogP contribution in [0.25, 0.3) is 17.1 Å². The van der Waals surface area contributed by atoms with Crippen LogP contribution in [0.4, 0.5) is 10.1 Å². The molecule has 0 bridgehead atoms. The highest BCUT2D eigenvalue weighted by Crippen LogP contribution is 2.32. The minimum absolute atomic E-state index is 0.0867. The summed E-state index contributed by atoms with van der Waals surface area (Å²) >= 11 is 7.53. The first-order valence-electron chi connectivity index (χ1n) is 9.48. The second-order valence-corrected chi connectivity index (χ2v) is 8.07. The highest BCUT2D eigenvalue weighted by atomic mass is 35.5. The minimum Gasteiger partial charge on any atom is -0.325 e. The first kappa shape index (κ1) is 21.1. The predicted octanol–water partition coefficient (Wildman–Crippen LogP) is 5.77. The van der Waals surface area contributed by atoms with Crippen molar-refractivity contribution in [1.82, 2.24) is 14.8 Å². The standard InChI is InChI=1S/C23H18ClFN4OS/c1-15-8-2-6-12-19(15)26-21(30)14-31-23-28-27-22(16-9-3-4-10-17(16)24)29(23)20-13-7-5-11-18(20)25/h2-13H,14H2,1H3,(H,26,30). The van der Waals surface area contributed by atoms with E-state index in [9.17, 15) is 9.18 Å². The Morgan fingerprint density at radius 3 is 2.52 bits per heavy atom. The van der Waals surface area contributed by atoms with Crippen LogP contribution < -0.4 is 5.32 Å². The minimum atomic E-state index is -0.429. The van der Waals surface area contributed by atoms with Gasteiger partial charge in [-0.1, -0.05) is 65.8 Å². The number of nitrogens with one attached hydrogen (secondary N) is 1. The molecule has 156 valence electrons. The van der Waals surface area contributed by atoms with Gasteiger partial charge in [-0.3, -0.25) is 9.36 Å². The summed E-state index contributed by atoms with van der Waals surface area (Å²) in [5, 5.41) is 12.2. The number of thioether (sulfide) groups is 1. The van der Waals surface area contributed by atoms with Crippen molar-refractivity contribution in [2.45, 2.75) is 12.1 Å². The number of nitrogens with zero attached hydrogens (tertiary/aromatic N) is 3. The van der Waals surface area contributed by atoms with Gasteiger partial charge in [-0.2, -0.15) is 0 Å². The Kier molecular flexibility index (Phi) is 6.34. The molecule has 0 aliphatic rings. The number of para-hydroxylation sites is 2. The molecular weight excluding hydrogens is 435 g/mol. The summed E-state index contributed by atoms with van der Waals surface area (Å²) in [7, 11) is 0. The lowest BCUT2D eigenvalue weighted by atomic mass is 10.2. The Morgan fingerprint density at radius 2 is 1.74 bits per heavy atom. The lowest BCUT2D eigenvalue weighted by molar-refractivity contribution is -0.113. The van der Waals surface area contributed by atoms with Crippen molar-refractivity contribution in [1.29, 1.82) is 0 Å². The third-order valence-corrected chi connectivity index (χ3v) is 5.85. The molecular formula is C23H18ClFN4OS. The maximum Gasteiger partial charge on any atom is 0.234 e. The SMILES string of the molecule is Cc1ccccc1NC(=O)CSc1nnc(-c2ccccc2Cl)n1-c1ccccc1F. The number of aryl methyl sites for hydroxylation is 1. The zero-order chi connectivity index (χ0) is 21.8. The van der Waals surface area contributed by atoms with Crippen molar-refractivity contribution in [2.75, 3.05) is 11.1 Å². The van der Waals surface area contributed by atoms with Crippen LogP contribution in [-0.4, -0.2) is 26.4 Å². The Bertz CT molecular complexity index is 1240. The van der Waals surface area contributed by atoms with Crippen molar-refractivity contribution in [2.24, 2.45) is 0 Å². The van der Waals surface area contributed by atoms with Crippen molar-refractivity contribution >= 4 is 35.0 Å². The summed E-state index contributed by atoms with van der Waals surface area (Å²) < 4.78 is 16.2. The van der Waals surface area contributed by atoms with Gasteiger partial charge in [0.05, 0.1) is 16.5 Å². The molecule has 1 aromatic heterocycles. The largest absolute Gasteiger partial charge is 0.325 e. The van der Waals surface area contributed by atoms with Crippen molar-refractivity contribution < 1.29 is 9.18 Å². The predicted molar refractivity (Wildman–Crippen MR) is 122 cm³/mol. The third kappa shape index (κ3) is 4.62. The molecule has 0 spiro atoms. The van der Waals surface area contributed by atoms with E-state index < -0.39 is 5.82 Å². The smallest absolute Gasteiger partial charge is 0.234 e. The number of amides is 1. The molecule has 0 aliphatic heterocycles. The van der Waals surface area contributed by atoms with Gasteiger partial charge in [0.2, 0.25) is 5.91 Å². The molecule has 0 saturated carbocycles. The molecule has 5 nitrogen and oxygen atoms in total. The van der Waals surface area contributed by atoms with Gasteiger partial charge in [-0.15, -0.1) is 10.2 Å². The average molecular weight is 453 g/mol. The van der Waals surface area contributed by atoms with E-state index in [1.54, 1.807) is 41.0 Å². The molecule has 4 aromatic rings. The molecule has 0 fully saturated rings. The van der Waals surface area contributed by atoms with Crippen LogP contribution in [0.2, 0.25) is 5.02 Å². The average Bonchev–Trinajstić information content (AvgIpc) is 3.18. The van der Waals surface area contributed by atoms with Crippen LogP contribution in [-0.2, 0) is 4.79 Å². The summed E-state index contributed by atoms with van der Waals surface area (Å²) in [6.45, 7) is 1.92. The molecule has 8 heteroatoms. The van der Waals surface area contributed by atoms with E-state index in [2.05, 4.69) is 15.5 Å². The monoisotopic (exact) mass is 452 g/mol. The summed E-state index contributed by atoms with van der Waals surface area (Å²) in [6, 6.07) is 21.0. The number of carbonyl (C=O) groups is 1. The van der Waals surface area contributed by atoms with Gasteiger partial charge in [0, 0.05) is 11.3 Å². The van der Waals surface area contributed by atoms with Crippen LogP contribution in [0.1, 0.15) is 5.56 Å². The zero-order valence-electron chi connectivity index (χ0n) is 16.5. The van der Waals surface area contributed by atoms with Gasteiger partial charge in [0.15, 0.2) is 11.0 Å². The molecule has 0 saturated heterocycles. The van der Waals surface area contributed by atoms with E-state index in [-0.39, 0.29) is 17.3 Å². The normalized spacial score (nSPS) is 10.8. The van der Waals surface area contributed by atoms with Crippen LogP contribution in [0.15, 0.2) is 78.0 Å². The first-order chi connectivity index (χ1) is 15.0. The van der Waals surface area contributed by atoms with E-state index in [1.807, 2.05) is 37.3 Å². The van der Waals surface area contributed by atoms with Crippen molar-refractivity contribution in [3.8, 4) is 17.1 Å². The second-order valence-electron chi connectivity index (χ2n) is 6.72. The molecule has 1 heterocycles. The molecule has 0 aliphatic carbocycles. The lowest BCUT2D eigenvalue weighted by Crippen LogP contribution is -2.15. The highest BCUT2D eigenvalue weighted by Gasteiger charge is 2.21. The quantitative estimate of drug-likeness (QED) is 0.377. The van der Waals surface area contributed by atoms with E-state index >= 15 is 0 Å². The molecule has 0 unspecified atom stereocenters. The van der Waals surface area contributed by atoms with Gasteiger partial charge in [0.1, 0.15) is 5.82 Å². The fraction of sp³-hybridized carbons (Fsp3) is 0.0870. The Hall–Kier alpha value is -3.16. The maximum atomic E-state index is 14.7. The molecule has 1 N–H and O–H groups in total. The van der Waals surface area contributed by atoms with E-state index in [0.717, 1.165) is 11.3 Å². The first-order valence-corrected chi connectivity index (χ1v) is 10.8. The number of aromatic nitrogens is 3. The number of hydrogen-bond donors (Lipinski definition) is 1. The number of rotatable bonds is 6. The van der Waals surface area contributed by atoms with Crippen molar-refractivity contribution in [3.05, 3.63) is 89.2 Å². The fourth-order valence-corrected chi connectivity index (χ4v) is 4.03. The maximum absolute atomic E-state index is 14.7. The highest BCUT2D eigenvalue weighted by molar-refractivity contribution is 7.99. The third-order valence-electron chi connectivity index (χ3n) is 4.59. The van der Waals surface area contributed by atoms with Crippen LogP contribution in [0.5, 0.6) is 0 Å². The summed E-state index contributed by atoms with van der Waals surface area (Å²) in [6.07, 6.45) is 0. The number of hydrogen-bond acceptors (Lipinski definition) is 4. The fourth-order valence-electron chi connectivity index (χ4n) is 3.06. The van der Waals surface area contributed by atoms with Crippen LogP contribution in [0.3, 0.4) is 0 Å². The molecule has 4 rings (SSSR count). The van der Waals surface area contributed by atoms with Gasteiger partial charge in [0.25, 0.3) is 0 Å². The number of benzene rings is 3. The lowest BCUT2D eigenvalue weighted by Gasteiger charge is -2.12. The van der Waals surface area contributed by atoms with Crippen LogP contribution >= 0.6 is 23.4 Å². The van der Waals surface area contributed by atoms with E-state index in [1.165, 1.54) is 17.8 Å². The number of carbonyl (C=O) groups excluding carboxylic acids is 1. The van der Waals surface area contributed by atoms with Gasteiger partial charge in [-0.05, 0) is 42.8 Å². The number of halogens is 2. The Labute approximate surface area is 188 Å². The van der Waals surface area contributed by atoms with Gasteiger partial charge < -0.3 is 5.32 Å². The Morgan fingerprint density at radius 1 is 1.03 bits per heavy atom. The number of anilines is 1.